The van der Waals surface area contributed by atoms with Crippen LogP contribution in [0.2, 0.25) is 0 Å². The van der Waals surface area contributed by atoms with Gasteiger partial charge in [-0.2, -0.15) is 0 Å². The lowest BCUT2D eigenvalue weighted by Crippen LogP contribution is -2.09. The van der Waals surface area contributed by atoms with Gasteiger partial charge in [0.1, 0.15) is 0 Å². The smallest absolute Gasteiger partial charge is 0.231 e. The van der Waals surface area contributed by atoms with Crippen molar-refractivity contribution in [3.63, 3.8) is 0 Å². The first kappa shape index (κ1) is 8.94. The fraction of sp³-hybridized carbons (Fsp3) is 0.273. The fourth-order valence-corrected chi connectivity index (χ4v) is 1.82. The second kappa shape index (κ2) is 2.94. The number of benzene rings is 1. The maximum absolute atomic E-state index is 11.4. The highest BCUT2D eigenvalue weighted by Gasteiger charge is 2.29. The summed E-state index contributed by atoms with van der Waals surface area (Å²) < 4.78 is 0. The molecule has 72 valence electrons. The third kappa shape index (κ3) is 1.13. The first-order valence-corrected chi connectivity index (χ1v) is 4.56. The Morgan fingerprint density at radius 3 is 2.79 bits per heavy atom. The Labute approximate surface area is 82.1 Å². The number of carbonyl (C=O) groups is 2. The van der Waals surface area contributed by atoms with E-state index in [-0.39, 0.29) is 17.6 Å². The summed E-state index contributed by atoms with van der Waals surface area (Å²) in [5.74, 6) is -0.246. The first-order valence-electron chi connectivity index (χ1n) is 4.56. The predicted molar refractivity (Wildman–Crippen MR) is 53.5 cm³/mol. The van der Waals surface area contributed by atoms with Crippen molar-refractivity contribution in [1.29, 1.82) is 0 Å². The summed E-state index contributed by atoms with van der Waals surface area (Å²) in [5, 5.41) is 2.75. The van der Waals surface area contributed by atoms with E-state index in [4.69, 9.17) is 0 Å². The zero-order chi connectivity index (χ0) is 10.3. The summed E-state index contributed by atoms with van der Waals surface area (Å²) in [6.45, 7) is 3.33. The van der Waals surface area contributed by atoms with Crippen molar-refractivity contribution in [3.8, 4) is 0 Å². The van der Waals surface area contributed by atoms with Crippen molar-refractivity contribution in [2.24, 2.45) is 0 Å². The molecule has 1 heterocycles. The molecule has 0 saturated carbocycles. The maximum Gasteiger partial charge on any atom is 0.231 e. The van der Waals surface area contributed by atoms with Gasteiger partial charge in [0, 0.05) is 11.3 Å². The van der Waals surface area contributed by atoms with Crippen LogP contribution in [0.15, 0.2) is 18.2 Å². The van der Waals surface area contributed by atoms with Gasteiger partial charge in [0.05, 0.1) is 5.92 Å². The molecule has 0 spiro atoms. The second-order valence-electron chi connectivity index (χ2n) is 3.53. The number of hydrogen-bond donors (Lipinski definition) is 1. The largest absolute Gasteiger partial charge is 0.325 e. The van der Waals surface area contributed by atoms with Crippen molar-refractivity contribution in [3.05, 3.63) is 29.3 Å². The maximum atomic E-state index is 11.4. The number of nitrogens with one attached hydrogen (secondary N) is 1. The van der Waals surface area contributed by atoms with Crippen molar-refractivity contribution >= 4 is 17.4 Å². The molecule has 3 heteroatoms. The van der Waals surface area contributed by atoms with Crippen LogP contribution in [0.4, 0.5) is 5.69 Å². The standard InChI is InChI=1S/C11H11NO2/c1-6-10-8(7(2)13)4-3-5-9(10)12-11(6)14/h3-6H,1-2H3,(H,12,14). The van der Waals surface area contributed by atoms with Gasteiger partial charge in [-0.3, -0.25) is 9.59 Å². The number of fused-ring (bicyclic) bond motifs is 1. The highest BCUT2D eigenvalue weighted by atomic mass is 16.2. The number of Topliss-reactive ketones (excluding diaryl/α,β-unsaturated/α-hetero) is 1. The molecule has 1 aromatic rings. The highest BCUT2D eigenvalue weighted by Crippen LogP contribution is 2.34. The van der Waals surface area contributed by atoms with Crippen LogP contribution >= 0.6 is 0 Å². The Morgan fingerprint density at radius 1 is 1.43 bits per heavy atom. The quantitative estimate of drug-likeness (QED) is 0.686. The predicted octanol–water partition coefficient (Wildman–Crippen LogP) is 1.94. The monoisotopic (exact) mass is 189 g/mol. The normalized spacial score (nSPS) is 19.0. The van der Waals surface area contributed by atoms with Gasteiger partial charge >= 0.3 is 0 Å². The van der Waals surface area contributed by atoms with Crippen molar-refractivity contribution in [2.45, 2.75) is 19.8 Å². The minimum Gasteiger partial charge on any atom is -0.325 e. The van der Waals surface area contributed by atoms with E-state index in [0.717, 1.165) is 11.3 Å². The Morgan fingerprint density at radius 2 is 2.14 bits per heavy atom. The lowest BCUT2D eigenvalue weighted by atomic mass is 9.95. The van der Waals surface area contributed by atoms with Gasteiger partial charge in [0.25, 0.3) is 0 Å². The molecule has 2 rings (SSSR count). The second-order valence-corrected chi connectivity index (χ2v) is 3.53. The van der Waals surface area contributed by atoms with Gasteiger partial charge in [0.2, 0.25) is 5.91 Å². The molecule has 1 atom stereocenters. The van der Waals surface area contributed by atoms with E-state index in [1.54, 1.807) is 12.1 Å². The molecule has 1 aromatic carbocycles. The van der Waals surface area contributed by atoms with Crippen LogP contribution < -0.4 is 5.32 Å². The molecule has 1 amide bonds. The molecule has 0 radical (unpaired) electrons. The van der Waals surface area contributed by atoms with Crippen LogP contribution in [0, 0.1) is 0 Å². The lowest BCUT2D eigenvalue weighted by molar-refractivity contribution is -0.116. The molecule has 14 heavy (non-hydrogen) atoms. The number of carbonyl (C=O) groups excluding carboxylic acids is 2. The summed E-state index contributed by atoms with van der Waals surface area (Å²) in [7, 11) is 0. The van der Waals surface area contributed by atoms with Gasteiger partial charge in [0.15, 0.2) is 5.78 Å². The molecule has 0 bridgehead atoms. The van der Waals surface area contributed by atoms with E-state index >= 15 is 0 Å². The molecule has 0 fully saturated rings. The van der Waals surface area contributed by atoms with Crippen LogP contribution in [0.5, 0.6) is 0 Å². The number of amides is 1. The van der Waals surface area contributed by atoms with E-state index in [9.17, 15) is 9.59 Å². The van der Waals surface area contributed by atoms with E-state index in [1.165, 1.54) is 6.92 Å². The molecule has 1 aliphatic heterocycles. The first-order chi connectivity index (χ1) is 6.61. The average Bonchev–Trinajstić information content (AvgIpc) is 2.43. The molecular formula is C11H11NO2. The summed E-state index contributed by atoms with van der Waals surface area (Å²) in [5.41, 5.74) is 2.26. The number of hydrogen-bond acceptors (Lipinski definition) is 2. The lowest BCUT2D eigenvalue weighted by Gasteiger charge is -2.06. The van der Waals surface area contributed by atoms with Gasteiger partial charge < -0.3 is 5.32 Å². The summed E-state index contributed by atoms with van der Waals surface area (Å²) in [6.07, 6.45) is 0. The van der Waals surface area contributed by atoms with Gasteiger partial charge in [-0.25, -0.2) is 0 Å². The van der Waals surface area contributed by atoms with Crippen LogP contribution in [-0.4, -0.2) is 11.7 Å². The zero-order valence-corrected chi connectivity index (χ0v) is 8.13. The topological polar surface area (TPSA) is 46.2 Å². The number of ketones is 1. The molecule has 0 aromatic heterocycles. The zero-order valence-electron chi connectivity index (χ0n) is 8.13. The molecule has 1 N–H and O–H groups in total. The van der Waals surface area contributed by atoms with E-state index in [2.05, 4.69) is 5.32 Å². The van der Waals surface area contributed by atoms with E-state index in [0.29, 0.717) is 5.56 Å². The Hall–Kier alpha value is -1.64. The Balaban J connectivity index is 2.64. The molecular weight excluding hydrogens is 178 g/mol. The van der Waals surface area contributed by atoms with E-state index in [1.807, 2.05) is 13.0 Å². The van der Waals surface area contributed by atoms with E-state index < -0.39 is 0 Å². The number of rotatable bonds is 1. The van der Waals surface area contributed by atoms with Crippen LogP contribution in [0.1, 0.15) is 35.7 Å². The minimum absolute atomic E-state index is 0.00481. The fourth-order valence-electron chi connectivity index (χ4n) is 1.82. The third-order valence-corrected chi connectivity index (χ3v) is 2.57. The molecule has 0 saturated heterocycles. The SMILES string of the molecule is CC(=O)c1cccc2c1C(C)C(=O)N2. The third-order valence-electron chi connectivity index (χ3n) is 2.57. The van der Waals surface area contributed by atoms with Gasteiger partial charge in [-0.05, 0) is 25.5 Å². The summed E-state index contributed by atoms with van der Waals surface area (Å²) >= 11 is 0. The van der Waals surface area contributed by atoms with Crippen LogP contribution in [0.25, 0.3) is 0 Å². The van der Waals surface area contributed by atoms with Crippen LogP contribution in [0.3, 0.4) is 0 Å². The Bertz CT molecular complexity index is 423. The van der Waals surface area contributed by atoms with Gasteiger partial charge in [-0.15, -0.1) is 0 Å². The summed E-state index contributed by atoms with van der Waals surface area (Å²) in [6, 6.07) is 5.37. The molecule has 1 aliphatic rings. The van der Waals surface area contributed by atoms with Gasteiger partial charge in [-0.1, -0.05) is 12.1 Å². The number of anilines is 1. The minimum atomic E-state index is -0.218. The summed E-state index contributed by atoms with van der Waals surface area (Å²) in [4.78, 5) is 22.7. The van der Waals surface area contributed by atoms with Crippen molar-refractivity contribution in [2.75, 3.05) is 5.32 Å². The van der Waals surface area contributed by atoms with Crippen molar-refractivity contribution in [1.82, 2.24) is 0 Å². The Kier molecular flexibility index (Phi) is 1.88. The van der Waals surface area contributed by atoms with Crippen LogP contribution in [-0.2, 0) is 4.79 Å². The molecule has 3 nitrogen and oxygen atoms in total. The average molecular weight is 189 g/mol. The highest BCUT2D eigenvalue weighted by molar-refractivity contribution is 6.08. The van der Waals surface area contributed by atoms with Crippen molar-refractivity contribution < 1.29 is 9.59 Å². The molecule has 0 aliphatic carbocycles. The molecule has 1 unspecified atom stereocenters.